The van der Waals surface area contributed by atoms with Gasteiger partial charge in [0.25, 0.3) is 0 Å². The van der Waals surface area contributed by atoms with Crippen LogP contribution in [0, 0.1) is 0 Å². The molecule has 0 aliphatic carbocycles. The lowest BCUT2D eigenvalue weighted by Gasteiger charge is -2.32. The third-order valence-corrected chi connectivity index (χ3v) is 13.8. The third-order valence-electron chi connectivity index (χ3n) is 2.51. The maximum Gasteiger partial charge on any atom is 0.544 e. The van der Waals surface area contributed by atoms with E-state index in [0.717, 1.165) is 0 Å². The Hall–Kier alpha value is -0.0325. The lowest BCUT2D eigenvalue weighted by Crippen LogP contribution is -2.50. The van der Waals surface area contributed by atoms with Gasteiger partial charge in [0, 0.05) is 0 Å². The van der Waals surface area contributed by atoms with Crippen LogP contribution < -0.4 is 0 Å². The summed E-state index contributed by atoms with van der Waals surface area (Å²) < 4.78 is 18.3. The smallest absolute Gasteiger partial charge is 0.411 e. The van der Waals surface area contributed by atoms with Crippen LogP contribution in [-0.4, -0.2) is 34.5 Å². The molecule has 0 aromatic rings. The fourth-order valence-corrected chi connectivity index (χ4v) is 8.61. The molecule has 0 aliphatic heterocycles. The van der Waals surface area contributed by atoms with Crippen molar-refractivity contribution in [3.8, 4) is 0 Å². The van der Waals surface area contributed by atoms with Crippen LogP contribution in [0.4, 0.5) is 0 Å². The molecule has 0 heterocycles. The zero-order chi connectivity index (χ0) is 15.3. The molecule has 0 saturated carbocycles. The third kappa shape index (κ3) is 7.97. The van der Waals surface area contributed by atoms with Crippen molar-refractivity contribution in [3.05, 3.63) is 36.8 Å². The van der Waals surface area contributed by atoms with Crippen LogP contribution in [0.3, 0.4) is 0 Å². The highest BCUT2D eigenvalue weighted by molar-refractivity contribution is 6.88. The monoisotopic (exact) mass is 331 g/mol. The molecule has 109 valence electrons. The first kappa shape index (κ1) is 19.0. The molecule has 0 aliphatic rings. The lowest BCUT2D eigenvalue weighted by molar-refractivity contribution is 0.304. The lowest BCUT2D eigenvalue weighted by atomic mass is 11.3. The molecule has 0 rings (SSSR count). The normalized spacial score (nSPS) is 13.4. The van der Waals surface area contributed by atoms with E-state index in [4.69, 9.17) is 12.3 Å². The van der Waals surface area contributed by atoms with Crippen molar-refractivity contribution in [3.63, 3.8) is 0 Å². The minimum Gasteiger partial charge on any atom is -0.411 e. The second kappa shape index (κ2) is 7.11. The van der Waals surface area contributed by atoms with Gasteiger partial charge in [-0.1, -0.05) is 17.1 Å². The summed E-state index contributed by atoms with van der Waals surface area (Å²) in [4.78, 5) is 0. The van der Waals surface area contributed by atoms with Crippen LogP contribution >= 0.6 is 0 Å². The fraction of sp³-hybridized carbons (Fsp3) is 0.500. The van der Waals surface area contributed by atoms with Gasteiger partial charge in [0.05, 0.1) is 0 Å². The first-order chi connectivity index (χ1) is 8.47. The molecule has 7 heteroatoms. The van der Waals surface area contributed by atoms with Crippen molar-refractivity contribution in [2.75, 3.05) is 0 Å². The van der Waals surface area contributed by atoms with Crippen LogP contribution in [0.15, 0.2) is 36.8 Å². The molecule has 0 aromatic carbocycles. The van der Waals surface area contributed by atoms with Crippen molar-refractivity contribution in [2.24, 2.45) is 0 Å². The molecule has 0 amide bonds. The molecular formula is C12H27O3Si4. The summed E-state index contributed by atoms with van der Waals surface area (Å²) in [7, 11) is -7.57. The van der Waals surface area contributed by atoms with E-state index in [0.29, 0.717) is 0 Å². The molecule has 0 aromatic heterocycles. The second-order valence-corrected chi connectivity index (χ2v) is 19.8. The van der Waals surface area contributed by atoms with Gasteiger partial charge in [-0.25, -0.2) is 0 Å². The van der Waals surface area contributed by atoms with E-state index in [1.54, 1.807) is 0 Å². The predicted molar refractivity (Wildman–Crippen MR) is 92.0 cm³/mol. The Morgan fingerprint density at radius 3 is 1.00 bits per heavy atom. The summed E-state index contributed by atoms with van der Waals surface area (Å²) >= 11 is 0. The minimum atomic E-state index is -1.93. The first-order valence-electron chi connectivity index (χ1n) is 6.32. The Bertz CT molecular complexity index is 288. The molecule has 0 atom stereocenters. The van der Waals surface area contributed by atoms with E-state index >= 15 is 0 Å². The molecular weight excluding hydrogens is 304 g/mol. The molecule has 0 N–H and O–H groups in total. The maximum atomic E-state index is 6.11. The molecule has 0 fully saturated rings. The standard InChI is InChI=1S/C12H27O3Si4/c1-10-17(4,5)13-16(14-18(6,7)11-2)15-19(8,9)12-3/h10-12H,1-3H2,4-9H3. The largest absolute Gasteiger partial charge is 0.544 e. The van der Waals surface area contributed by atoms with Gasteiger partial charge in [0.1, 0.15) is 0 Å². The Morgan fingerprint density at radius 2 is 0.842 bits per heavy atom. The summed E-state index contributed by atoms with van der Waals surface area (Å²) in [6, 6.07) is 0. The average Bonchev–Trinajstić information content (AvgIpc) is 2.27. The van der Waals surface area contributed by atoms with Gasteiger partial charge in [-0.2, -0.15) is 0 Å². The van der Waals surface area contributed by atoms with Crippen molar-refractivity contribution in [1.29, 1.82) is 0 Å². The van der Waals surface area contributed by atoms with Crippen molar-refractivity contribution in [2.45, 2.75) is 39.3 Å². The molecule has 19 heavy (non-hydrogen) atoms. The van der Waals surface area contributed by atoms with Crippen LogP contribution in [-0.2, 0) is 12.3 Å². The summed E-state index contributed by atoms with van der Waals surface area (Å²) in [6.07, 6.45) is 0. The Kier molecular flexibility index (Phi) is 7.10. The minimum absolute atomic E-state index is 1.78. The van der Waals surface area contributed by atoms with Gasteiger partial charge in [-0.05, 0) is 39.3 Å². The summed E-state index contributed by atoms with van der Waals surface area (Å²) in [6.45, 7) is 24.0. The maximum absolute atomic E-state index is 6.11. The number of rotatable bonds is 9. The molecule has 1 radical (unpaired) electrons. The van der Waals surface area contributed by atoms with Gasteiger partial charge in [-0.3, -0.25) is 0 Å². The molecule has 0 bridgehead atoms. The van der Waals surface area contributed by atoms with Gasteiger partial charge in [0.15, 0.2) is 0 Å². The molecule has 0 unspecified atom stereocenters. The summed E-state index contributed by atoms with van der Waals surface area (Å²) in [5.74, 6) is 0. The second-order valence-electron chi connectivity index (χ2n) is 5.98. The number of hydrogen-bond acceptors (Lipinski definition) is 3. The quantitative estimate of drug-likeness (QED) is 0.601. The van der Waals surface area contributed by atoms with Crippen molar-refractivity contribution < 1.29 is 12.3 Å². The SMILES string of the molecule is C=C[Si](C)(C)O[Si](O[Si](C)(C)C=C)O[Si](C)(C)C=C. The van der Waals surface area contributed by atoms with Crippen LogP contribution in [0.5, 0.6) is 0 Å². The predicted octanol–water partition coefficient (Wildman–Crippen LogP) is 3.81. The Labute approximate surface area is 123 Å². The van der Waals surface area contributed by atoms with E-state index in [2.05, 4.69) is 59.0 Å². The van der Waals surface area contributed by atoms with Crippen molar-refractivity contribution in [1.82, 2.24) is 0 Å². The van der Waals surface area contributed by atoms with E-state index < -0.39 is 34.5 Å². The van der Waals surface area contributed by atoms with Crippen molar-refractivity contribution >= 4 is 34.5 Å². The van der Waals surface area contributed by atoms with E-state index in [1.807, 2.05) is 17.1 Å². The van der Waals surface area contributed by atoms with Gasteiger partial charge >= 0.3 is 9.53 Å². The van der Waals surface area contributed by atoms with Crippen LogP contribution in [0.1, 0.15) is 0 Å². The fourth-order valence-electron chi connectivity index (χ4n) is 0.832. The van der Waals surface area contributed by atoms with Crippen LogP contribution in [0.2, 0.25) is 39.3 Å². The molecule has 3 nitrogen and oxygen atoms in total. The highest BCUT2D eigenvalue weighted by Gasteiger charge is 2.38. The van der Waals surface area contributed by atoms with Gasteiger partial charge < -0.3 is 12.3 Å². The summed E-state index contributed by atoms with van der Waals surface area (Å²) in [5.41, 5.74) is 5.69. The summed E-state index contributed by atoms with van der Waals surface area (Å²) in [5, 5.41) is 0. The van der Waals surface area contributed by atoms with E-state index in [-0.39, 0.29) is 0 Å². The highest BCUT2D eigenvalue weighted by atomic mass is 28.5. The topological polar surface area (TPSA) is 27.7 Å². The number of hydrogen-bond donors (Lipinski definition) is 0. The van der Waals surface area contributed by atoms with E-state index in [1.165, 1.54) is 0 Å². The highest BCUT2D eigenvalue weighted by Crippen LogP contribution is 2.18. The van der Waals surface area contributed by atoms with E-state index in [9.17, 15) is 0 Å². The van der Waals surface area contributed by atoms with Gasteiger partial charge in [-0.15, -0.1) is 19.7 Å². The zero-order valence-electron chi connectivity index (χ0n) is 13.1. The Balaban J connectivity index is 4.99. The molecule has 0 spiro atoms. The van der Waals surface area contributed by atoms with Crippen LogP contribution in [0.25, 0.3) is 0 Å². The average molecular weight is 332 g/mol. The molecule has 0 saturated heterocycles. The Morgan fingerprint density at radius 1 is 0.632 bits per heavy atom. The zero-order valence-corrected chi connectivity index (χ0v) is 17.1. The first-order valence-corrected chi connectivity index (χ1v) is 16.5. The van der Waals surface area contributed by atoms with Gasteiger partial charge in [0.2, 0.25) is 25.0 Å².